The number of thioether (sulfide) groups is 1. The van der Waals surface area contributed by atoms with E-state index in [1.807, 2.05) is 0 Å². The molecule has 3 aliphatic rings. The predicted octanol–water partition coefficient (Wildman–Crippen LogP) is 1.13. The van der Waals surface area contributed by atoms with Crippen LogP contribution in [-0.4, -0.2) is 41.7 Å². The van der Waals surface area contributed by atoms with Gasteiger partial charge >= 0.3 is 0 Å². The van der Waals surface area contributed by atoms with E-state index in [2.05, 4.69) is 22.0 Å². The molecule has 0 aromatic heterocycles. The van der Waals surface area contributed by atoms with Gasteiger partial charge in [-0.05, 0) is 38.1 Å². The first-order valence-corrected chi connectivity index (χ1v) is 6.49. The molecule has 1 N–H and O–H groups in total. The first-order chi connectivity index (χ1) is 6.39. The van der Waals surface area contributed by atoms with Gasteiger partial charge in [0.1, 0.15) is 0 Å². The van der Waals surface area contributed by atoms with Crippen molar-refractivity contribution >= 4 is 11.8 Å². The largest absolute Gasteiger partial charge is 0.303 e. The fourth-order valence-corrected chi connectivity index (χ4v) is 4.57. The van der Waals surface area contributed by atoms with Gasteiger partial charge in [0.25, 0.3) is 0 Å². The van der Waals surface area contributed by atoms with Crippen molar-refractivity contribution in [2.24, 2.45) is 5.92 Å². The summed E-state index contributed by atoms with van der Waals surface area (Å²) < 4.78 is 0. The molecule has 0 aromatic carbocycles. The number of nitrogens with zero attached hydrogens (tertiary/aromatic N) is 1. The van der Waals surface area contributed by atoms with Gasteiger partial charge in [-0.1, -0.05) is 0 Å². The zero-order chi connectivity index (χ0) is 8.73. The molecule has 3 heterocycles. The summed E-state index contributed by atoms with van der Waals surface area (Å²) in [5, 5.41) is 3.80. The molecule has 13 heavy (non-hydrogen) atoms. The van der Waals surface area contributed by atoms with Gasteiger partial charge in [0.15, 0.2) is 0 Å². The molecule has 74 valence electrons. The third-order valence-corrected chi connectivity index (χ3v) is 5.53. The average molecular weight is 198 g/mol. The Morgan fingerprint density at radius 2 is 2.38 bits per heavy atom. The summed E-state index contributed by atoms with van der Waals surface area (Å²) in [5.41, 5.74) is 0. The molecule has 3 unspecified atom stereocenters. The van der Waals surface area contributed by atoms with E-state index in [0.29, 0.717) is 4.87 Å². The molecule has 0 amide bonds. The van der Waals surface area contributed by atoms with E-state index in [1.165, 1.54) is 51.2 Å². The summed E-state index contributed by atoms with van der Waals surface area (Å²) in [6, 6.07) is 0. The SMILES string of the molecule is C1CNC2(CCN3CCC2C3)SC1. The monoisotopic (exact) mass is 198 g/mol. The fourth-order valence-electron chi connectivity index (χ4n) is 3.04. The topological polar surface area (TPSA) is 15.3 Å². The van der Waals surface area contributed by atoms with Crippen LogP contribution in [0, 0.1) is 5.92 Å². The van der Waals surface area contributed by atoms with Crippen molar-refractivity contribution in [3.05, 3.63) is 0 Å². The molecule has 2 nitrogen and oxygen atoms in total. The maximum atomic E-state index is 3.80. The van der Waals surface area contributed by atoms with Crippen LogP contribution in [0.1, 0.15) is 19.3 Å². The van der Waals surface area contributed by atoms with Crippen LogP contribution in [0.3, 0.4) is 0 Å². The highest BCUT2D eigenvalue weighted by Gasteiger charge is 2.46. The minimum Gasteiger partial charge on any atom is -0.303 e. The van der Waals surface area contributed by atoms with Crippen LogP contribution < -0.4 is 5.32 Å². The van der Waals surface area contributed by atoms with Gasteiger partial charge in [0.2, 0.25) is 0 Å². The molecule has 3 heteroatoms. The molecular weight excluding hydrogens is 180 g/mol. The van der Waals surface area contributed by atoms with E-state index < -0.39 is 0 Å². The van der Waals surface area contributed by atoms with Crippen LogP contribution in [0.2, 0.25) is 0 Å². The van der Waals surface area contributed by atoms with Crippen LogP contribution in [0.4, 0.5) is 0 Å². The van der Waals surface area contributed by atoms with Crippen LogP contribution in [0.15, 0.2) is 0 Å². The highest BCUT2D eigenvalue weighted by molar-refractivity contribution is 8.00. The van der Waals surface area contributed by atoms with Crippen molar-refractivity contribution < 1.29 is 0 Å². The Morgan fingerprint density at radius 1 is 1.38 bits per heavy atom. The number of rotatable bonds is 0. The normalized spacial score (nSPS) is 49.8. The molecule has 0 radical (unpaired) electrons. The van der Waals surface area contributed by atoms with Crippen molar-refractivity contribution in [2.75, 3.05) is 31.9 Å². The van der Waals surface area contributed by atoms with E-state index in [-0.39, 0.29) is 0 Å². The van der Waals surface area contributed by atoms with E-state index in [1.54, 1.807) is 0 Å². The highest BCUT2D eigenvalue weighted by Crippen LogP contribution is 2.44. The lowest BCUT2D eigenvalue weighted by atomic mass is 9.93. The Labute approximate surface area is 84.4 Å². The molecular formula is C10H18N2S. The second-order valence-electron chi connectivity index (χ2n) is 4.55. The molecule has 3 rings (SSSR count). The Hall–Kier alpha value is 0.270. The average Bonchev–Trinajstić information content (AvgIpc) is 2.60. The molecule has 0 aromatic rings. The molecule has 0 saturated carbocycles. The van der Waals surface area contributed by atoms with Crippen LogP contribution >= 0.6 is 11.8 Å². The van der Waals surface area contributed by atoms with Gasteiger partial charge < -0.3 is 10.2 Å². The Balaban J connectivity index is 1.80. The Kier molecular flexibility index (Phi) is 2.07. The number of nitrogens with one attached hydrogen (secondary N) is 1. The Bertz CT molecular complexity index is 201. The zero-order valence-corrected chi connectivity index (χ0v) is 8.91. The lowest BCUT2D eigenvalue weighted by Gasteiger charge is -2.45. The van der Waals surface area contributed by atoms with E-state index in [4.69, 9.17) is 0 Å². The van der Waals surface area contributed by atoms with Gasteiger partial charge in [0.05, 0.1) is 4.87 Å². The molecule has 0 aliphatic carbocycles. The van der Waals surface area contributed by atoms with Gasteiger partial charge in [-0.25, -0.2) is 0 Å². The number of piperidine rings is 1. The molecule has 3 saturated heterocycles. The van der Waals surface area contributed by atoms with Gasteiger partial charge in [-0.15, -0.1) is 11.8 Å². The summed E-state index contributed by atoms with van der Waals surface area (Å²) in [7, 11) is 0. The van der Waals surface area contributed by atoms with Gasteiger partial charge in [-0.3, -0.25) is 0 Å². The first kappa shape index (κ1) is 8.57. The number of hydrogen-bond donors (Lipinski definition) is 1. The van der Waals surface area contributed by atoms with Gasteiger partial charge in [-0.2, -0.15) is 0 Å². The van der Waals surface area contributed by atoms with E-state index >= 15 is 0 Å². The lowest BCUT2D eigenvalue weighted by Crippen LogP contribution is -2.56. The van der Waals surface area contributed by atoms with Crippen LogP contribution in [0.5, 0.6) is 0 Å². The third-order valence-electron chi connectivity index (χ3n) is 3.84. The minimum atomic E-state index is 0.491. The van der Waals surface area contributed by atoms with Crippen molar-refractivity contribution in [3.63, 3.8) is 0 Å². The standard InChI is InChI=1S/C10H18N2S/c1-4-11-10(13-7-1)3-6-12-5-2-9(10)8-12/h9,11H,1-8H2. The summed E-state index contributed by atoms with van der Waals surface area (Å²) >= 11 is 2.21. The predicted molar refractivity (Wildman–Crippen MR) is 57.0 cm³/mol. The lowest BCUT2D eigenvalue weighted by molar-refractivity contribution is 0.197. The van der Waals surface area contributed by atoms with Gasteiger partial charge in [0, 0.05) is 19.0 Å². The summed E-state index contributed by atoms with van der Waals surface area (Å²) in [6.45, 7) is 5.30. The van der Waals surface area contributed by atoms with Crippen molar-refractivity contribution in [2.45, 2.75) is 24.1 Å². The summed E-state index contributed by atoms with van der Waals surface area (Å²) in [6.07, 6.45) is 4.17. The zero-order valence-electron chi connectivity index (χ0n) is 8.09. The minimum absolute atomic E-state index is 0.491. The van der Waals surface area contributed by atoms with Crippen molar-refractivity contribution in [1.29, 1.82) is 0 Å². The quantitative estimate of drug-likeness (QED) is 0.628. The second-order valence-corrected chi connectivity index (χ2v) is 5.98. The second kappa shape index (κ2) is 3.14. The van der Waals surface area contributed by atoms with E-state index in [0.717, 1.165) is 5.92 Å². The maximum absolute atomic E-state index is 3.80. The highest BCUT2D eigenvalue weighted by atomic mass is 32.2. The molecule has 3 aliphatic heterocycles. The van der Waals surface area contributed by atoms with Crippen LogP contribution in [-0.2, 0) is 0 Å². The van der Waals surface area contributed by atoms with Crippen molar-refractivity contribution in [1.82, 2.24) is 10.2 Å². The summed E-state index contributed by atoms with van der Waals surface area (Å²) in [5.74, 6) is 2.32. The molecule has 2 bridgehead atoms. The Morgan fingerprint density at radius 3 is 3.23 bits per heavy atom. The van der Waals surface area contributed by atoms with Crippen molar-refractivity contribution in [3.8, 4) is 0 Å². The first-order valence-electron chi connectivity index (χ1n) is 5.50. The fraction of sp³-hybridized carbons (Fsp3) is 1.00. The smallest absolute Gasteiger partial charge is 0.0698 e. The molecule has 3 atom stereocenters. The molecule has 3 fully saturated rings. The number of hydrogen-bond acceptors (Lipinski definition) is 3. The van der Waals surface area contributed by atoms with Crippen LogP contribution in [0.25, 0.3) is 0 Å². The van der Waals surface area contributed by atoms with E-state index in [9.17, 15) is 0 Å². The third kappa shape index (κ3) is 1.32. The summed E-state index contributed by atoms with van der Waals surface area (Å²) in [4.78, 5) is 3.12. The maximum Gasteiger partial charge on any atom is 0.0698 e. The molecule has 1 spiro atoms. The number of fused-ring (bicyclic) bond motifs is 3.